The van der Waals surface area contributed by atoms with Crippen molar-refractivity contribution in [3.8, 4) is 11.1 Å². The van der Waals surface area contributed by atoms with E-state index in [1.807, 2.05) is 30.3 Å². The minimum atomic E-state index is 0.0498. The first kappa shape index (κ1) is 11.0. The van der Waals surface area contributed by atoms with Crippen LogP contribution in [0.5, 0.6) is 0 Å². The molecule has 2 aromatic rings. The van der Waals surface area contributed by atoms with E-state index in [4.69, 9.17) is 5.39 Å². The van der Waals surface area contributed by atoms with Gasteiger partial charge in [-0.2, -0.15) is 0 Å². The number of nitrogens with zero attached hydrogens (tertiary/aromatic N) is 2. The fourth-order valence-corrected chi connectivity index (χ4v) is 1.64. The van der Waals surface area contributed by atoms with Gasteiger partial charge in [-0.05, 0) is 36.2 Å². The molecule has 0 aliphatic rings. The van der Waals surface area contributed by atoms with Gasteiger partial charge in [-0.1, -0.05) is 18.2 Å². The zero-order chi connectivity index (χ0) is 12.3. The fourth-order valence-electron chi connectivity index (χ4n) is 1.64. The molecular weight excluding hydrogens is 212 g/mol. The number of Topliss-reactive ketones (excluding diaryl/α,β-unsaturated/α-hetero) is 1. The molecule has 0 atom stereocenters. The maximum atomic E-state index is 11.3. The predicted molar refractivity (Wildman–Crippen MR) is 66.6 cm³/mol. The highest BCUT2D eigenvalue weighted by Crippen LogP contribution is 2.23. The number of diazo groups is 1. The minimum absolute atomic E-state index is 0.0498. The average Bonchev–Trinajstić information content (AvgIpc) is 2.39. The van der Waals surface area contributed by atoms with Crippen molar-refractivity contribution in [1.82, 2.24) is 0 Å². The molecule has 2 aromatic carbocycles. The number of ketones is 1. The molecule has 0 bridgehead atoms. The Kier molecular flexibility index (Phi) is 2.97. The molecule has 0 radical (unpaired) electrons. The van der Waals surface area contributed by atoms with E-state index in [0.717, 1.165) is 11.1 Å². The Morgan fingerprint density at radius 1 is 1.06 bits per heavy atom. The second-order valence-corrected chi connectivity index (χ2v) is 3.78. The first-order valence-corrected chi connectivity index (χ1v) is 5.27. The van der Waals surface area contributed by atoms with Gasteiger partial charge in [0.25, 0.3) is 0 Å². The van der Waals surface area contributed by atoms with Crippen LogP contribution in [0.3, 0.4) is 0 Å². The second kappa shape index (κ2) is 4.58. The largest absolute Gasteiger partial charge is 0.385 e. The third kappa shape index (κ3) is 2.37. The van der Waals surface area contributed by atoms with Crippen LogP contribution >= 0.6 is 0 Å². The molecule has 82 valence electrons. The van der Waals surface area contributed by atoms with E-state index in [9.17, 15) is 4.79 Å². The van der Waals surface area contributed by atoms with Crippen LogP contribution in [0.25, 0.3) is 16.1 Å². The van der Waals surface area contributed by atoms with Crippen LogP contribution in [0.2, 0.25) is 0 Å². The summed E-state index contributed by atoms with van der Waals surface area (Å²) < 4.78 is 0. The smallest absolute Gasteiger partial charge is 0.295 e. The molecule has 0 spiro atoms. The van der Waals surface area contributed by atoms with Crippen LogP contribution < -0.4 is 0 Å². The highest BCUT2D eigenvalue weighted by atomic mass is 16.1. The van der Waals surface area contributed by atoms with Gasteiger partial charge >= 0.3 is 5.69 Å². The van der Waals surface area contributed by atoms with Gasteiger partial charge in [0.05, 0.1) is 0 Å². The first-order chi connectivity index (χ1) is 8.20. The Bertz CT molecular complexity index is 594. The molecule has 3 nitrogen and oxygen atoms in total. The van der Waals surface area contributed by atoms with Gasteiger partial charge in [-0.25, -0.2) is 0 Å². The molecule has 17 heavy (non-hydrogen) atoms. The van der Waals surface area contributed by atoms with E-state index in [2.05, 4.69) is 4.98 Å². The molecule has 0 aliphatic heterocycles. The summed E-state index contributed by atoms with van der Waals surface area (Å²) in [5.74, 6) is 0.0498. The van der Waals surface area contributed by atoms with Crippen molar-refractivity contribution in [2.24, 2.45) is 0 Å². The topological polar surface area (TPSA) is 45.2 Å². The van der Waals surface area contributed by atoms with Gasteiger partial charge in [0.2, 0.25) is 5.39 Å². The molecule has 0 fully saturated rings. The lowest BCUT2D eigenvalue weighted by Gasteiger charge is -2.02. The standard InChI is InChI=1S/C14H11N2O/c1-10(17)12-3-2-4-13(9-12)11-5-7-14(16-15)8-6-11/h2-9H,1H3/q+1. The monoisotopic (exact) mass is 223 g/mol. The van der Waals surface area contributed by atoms with Gasteiger partial charge in [0, 0.05) is 17.7 Å². The first-order valence-electron chi connectivity index (χ1n) is 5.27. The van der Waals surface area contributed by atoms with Gasteiger partial charge in [-0.15, -0.1) is 0 Å². The molecule has 0 N–H and O–H groups in total. The van der Waals surface area contributed by atoms with Crippen LogP contribution in [0.15, 0.2) is 48.5 Å². The van der Waals surface area contributed by atoms with E-state index in [0.29, 0.717) is 11.3 Å². The van der Waals surface area contributed by atoms with Gasteiger partial charge in [0.1, 0.15) is 0 Å². The quantitative estimate of drug-likeness (QED) is 0.569. The third-order valence-corrected chi connectivity index (χ3v) is 2.59. The van der Waals surface area contributed by atoms with Crippen molar-refractivity contribution in [3.63, 3.8) is 0 Å². The fraction of sp³-hybridized carbons (Fsp3) is 0.0714. The third-order valence-electron chi connectivity index (χ3n) is 2.59. The Labute approximate surface area is 99.3 Å². The number of hydrogen-bond donors (Lipinski definition) is 0. The maximum absolute atomic E-state index is 11.3. The summed E-state index contributed by atoms with van der Waals surface area (Å²) >= 11 is 0. The highest BCUT2D eigenvalue weighted by Gasteiger charge is 2.06. The van der Waals surface area contributed by atoms with E-state index >= 15 is 0 Å². The van der Waals surface area contributed by atoms with E-state index < -0.39 is 0 Å². The lowest BCUT2D eigenvalue weighted by atomic mass is 10.0. The molecule has 0 amide bonds. The Morgan fingerprint density at radius 3 is 2.35 bits per heavy atom. The summed E-state index contributed by atoms with van der Waals surface area (Å²) in [5.41, 5.74) is 3.16. The number of carbonyl (C=O) groups is 1. The summed E-state index contributed by atoms with van der Waals surface area (Å²) in [6.45, 7) is 1.55. The molecular formula is C14H11N2O+. The summed E-state index contributed by atoms with van der Waals surface area (Å²) in [6.07, 6.45) is 0. The number of carbonyl (C=O) groups excluding carboxylic acids is 1. The average molecular weight is 223 g/mol. The predicted octanol–water partition coefficient (Wildman–Crippen LogP) is 4.04. The van der Waals surface area contributed by atoms with Crippen LogP contribution in [0, 0.1) is 5.39 Å². The van der Waals surface area contributed by atoms with E-state index in [1.165, 1.54) is 0 Å². The lowest BCUT2D eigenvalue weighted by molar-refractivity contribution is 0.101. The van der Waals surface area contributed by atoms with Gasteiger partial charge in [0.15, 0.2) is 10.8 Å². The van der Waals surface area contributed by atoms with Crippen LogP contribution in [0.1, 0.15) is 17.3 Å². The Morgan fingerprint density at radius 2 is 1.76 bits per heavy atom. The Hall–Kier alpha value is -2.47. The second-order valence-electron chi connectivity index (χ2n) is 3.78. The zero-order valence-corrected chi connectivity index (χ0v) is 9.42. The number of benzene rings is 2. The van der Waals surface area contributed by atoms with E-state index in [1.54, 1.807) is 25.1 Å². The Balaban J connectivity index is 2.42. The maximum Gasteiger partial charge on any atom is 0.385 e. The number of hydrogen-bond acceptors (Lipinski definition) is 2. The van der Waals surface area contributed by atoms with Crippen molar-refractivity contribution in [3.05, 3.63) is 59.1 Å². The summed E-state index contributed by atoms with van der Waals surface area (Å²) in [5, 5.41) is 8.60. The number of rotatable bonds is 2. The normalized spacial score (nSPS) is 9.65. The van der Waals surface area contributed by atoms with Crippen molar-refractivity contribution in [1.29, 1.82) is 5.39 Å². The SMILES string of the molecule is CC(=O)c1cccc(-c2ccc([N+]#N)cc2)c1. The molecule has 0 heterocycles. The van der Waals surface area contributed by atoms with Crippen molar-refractivity contribution in [2.75, 3.05) is 0 Å². The van der Waals surface area contributed by atoms with Crippen LogP contribution in [0.4, 0.5) is 5.69 Å². The van der Waals surface area contributed by atoms with Crippen molar-refractivity contribution in [2.45, 2.75) is 6.92 Å². The zero-order valence-electron chi connectivity index (χ0n) is 9.42. The molecule has 0 unspecified atom stereocenters. The molecule has 0 saturated heterocycles. The summed E-state index contributed by atoms with van der Waals surface area (Å²) in [6, 6.07) is 14.6. The molecule has 0 aliphatic carbocycles. The van der Waals surface area contributed by atoms with Crippen LogP contribution in [-0.4, -0.2) is 5.78 Å². The van der Waals surface area contributed by atoms with Crippen molar-refractivity contribution < 1.29 is 4.79 Å². The lowest BCUT2D eigenvalue weighted by Crippen LogP contribution is -1.91. The highest BCUT2D eigenvalue weighted by molar-refractivity contribution is 5.95. The van der Waals surface area contributed by atoms with Crippen molar-refractivity contribution >= 4 is 11.5 Å². The van der Waals surface area contributed by atoms with Gasteiger partial charge < -0.3 is 0 Å². The summed E-state index contributed by atoms with van der Waals surface area (Å²) in [7, 11) is 0. The molecule has 0 aromatic heterocycles. The molecule has 0 saturated carbocycles. The van der Waals surface area contributed by atoms with E-state index in [-0.39, 0.29) is 5.78 Å². The van der Waals surface area contributed by atoms with Gasteiger partial charge in [-0.3, -0.25) is 4.79 Å². The summed E-state index contributed by atoms with van der Waals surface area (Å²) in [4.78, 5) is 14.4. The molecule has 2 rings (SSSR count). The molecule has 3 heteroatoms. The minimum Gasteiger partial charge on any atom is -0.295 e. The van der Waals surface area contributed by atoms with Crippen LogP contribution in [-0.2, 0) is 0 Å².